The fraction of sp³-hybridized carbons (Fsp3) is 0.786. The Kier molecular flexibility index (Phi) is 38.5. The number of carbonyl (C=O) groups excluding carboxylic acids is 1. The van der Waals surface area contributed by atoms with E-state index in [0.29, 0.717) is 13.0 Å². The van der Waals surface area contributed by atoms with Gasteiger partial charge in [-0.25, -0.2) is 4.57 Å². The molecule has 2 unspecified atom stereocenters. The van der Waals surface area contributed by atoms with Crippen molar-refractivity contribution < 1.29 is 32.8 Å². The van der Waals surface area contributed by atoms with Crippen LogP contribution in [0, 0.1) is 0 Å². The van der Waals surface area contributed by atoms with Gasteiger partial charge in [0, 0.05) is 19.6 Å². The molecule has 298 valence electrons. The number of phosphoric acid groups is 1. The number of allylic oxidation sites excluding steroid dienone is 8. The summed E-state index contributed by atoms with van der Waals surface area (Å²) in [6.07, 6.45) is 45.7. The fourth-order valence-electron chi connectivity index (χ4n) is 5.53. The lowest BCUT2D eigenvalue weighted by molar-refractivity contribution is -0.154. The Hall–Kier alpha value is -1.54. The summed E-state index contributed by atoms with van der Waals surface area (Å²) in [5, 5.41) is 0. The van der Waals surface area contributed by atoms with E-state index in [1.165, 1.54) is 96.3 Å². The molecule has 0 bridgehead atoms. The van der Waals surface area contributed by atoms with E-state index in [1.54, 1.807) is 0 Å². The van der Waals surface area contributed by atoms with E-state index in [4.69, 9.17) is 24.3 Å². The highest BCUT2D eigenvalue weighted by molar-refractivity contribution is 7.47. The van der Waals surface area contributed by atoms with E-state index in [1.807, 2.05) is 0 Å². The largest absolute Gasteiger partial charge is 0.472 e. The zero-order valence-electron chi connectivity index (χ0n) is 32.8. The number of rotatable bonds is 39. The molecule has 0 saturated carbocycles. The van der Waals surface area contributed by atoms with Gasteiger partial charge < -0.3 is 20.1 Å². The highest BCUT2D eigenvalue weighted by Crippen LogP contribution is 2.43. The molecule has 0 rings (SSSR count). The highest BCUT2D eigenvalue weighted by Gasteiger charge is 2.25. The van der Waals surface area contributed by atoms with Gasteiger partial charge in [-0.15, -0.1) is 0 Å². The lowest BCUT2D eigenvalue weighted by Crippen LogP contribution is -2.28. The first-order valence-electron chi connectivity index (χ1n) is 20.6. The molecular formula is C42H78NO7P. The third-order valence-corrected chi connectivity index (χ3v) is 9.49. The maximum atomic E-state index is 12.6. The number of phosphoric ester groups is 1. The third-order valence-electron chi connectivity index (χ3n) is 8.51. The molecule has 8 nitrogen and oxygen atoms in total. The average Bonchev–Trinajstić information content (AvgIpc) is 3.12. The van der Waals surface area contributed by atoms with Crippen molar-refractivity contribution in [3.63, 3.8) is 0 Å². The minimum atomic E-state index is -4.29. The van der Waals surface area contributed by atoms with Crippen LogP contribution in [0.5, 0.6) is 0 Å². The van der Waals surface area contributed by atoms with Crippen LogP contribution in [0.4, 0.5) is 0 Å². The van der Waals surface area contributed by atoms with Crippen LogP contribution in [0.1, 0.15) is 174 Å². The van der Waals surface area contributed by atoms with Crippen LogP contribution < -0.4 is 5.73 Å². The summed E-state index contributed by atoms with van der Waals surface area (Å²) in [6, 6.07) is 0. The third kappa shape index (κ3) is 39.5. The van der Waals surface area contributed by atoms with Gasteiger partial charge in [0.15, 0.2) is 0 Å². The molecule has 9 heteroatoms. The zero-order chi connectivity index (χ0) is 37.4. The maximum Gasteiger partial charge on any atom is 0.472 e. The van der Waals surface area contributed by atoms with Crippen LogP contribution in [0.15, 0.2) is 48.6 Å². The topological polar surface area (TPSA) is 117 Å². The molecule has 0 radical (unpaired) electrons. The summed E-state index contributed by atoms with van der Waals surface area (Å²) in [5.74, 6) is -0.348. The van der Waals surface area contributed by atoms with Crippen molar-refractivity contribution in [2.24, 2.45) is 5.73 Å². The first-order chi connectivity index (χ1) is 24.9. The van der Waals surface area contributed by atoms with Crippen molar-refractivity contribution >= 4 is 13.8 Å². The fourth-order valence-corrected chi connectivity index (χ4v) is 6.30. The van der Waals surface area contributed by atoms with Crippen molar-refractivity contribution in [2.45, 2.75) is 180 Å². The van der Waals surface area contributed by atoms with E-state index in [0.717, 1.165) is 57.8 Å². The number of carbonyl (C=O) groups is 1. The van der Waals surface area contributed by atoms with Gasteiger partial charge in [0.25, 0.3) is 0 Å². The minimum absolute atomic E-state index is 0.0793. The molecule has 0 aromatic heterocycles. The molecule has 0 aliphatic carbocycles. The molecule has 2 atom stereocenters. The summed E-state index contributed by atoms with van der Waals surface area (Å²) in [6.45, 7) is 4.66. The molecule has 51 heavy (non-hydrogen) atoms. The van der Waals surface area contributed by atoms with Crippen molar-refractivity contribution in [3.05, 3.63) is 48.6 Å². The molecule has 0 spiro atoms. The molecule has 0 heterocycles. The minimum Gasteiger partial charge on any atom is -0.457 e. The molecule has 0 aliphatic rings. The Morgan fingerprint density at radius 3 is 1.57 bits per heavy atom. The van der Waals surface area contributed by atoms with E-state index >= 15 is 0 Å². The van der Waals surface area contributed by atoms with Gasteiger partial charge in [-0.3, -0.25) is 13.8 Å². The maximum absolute atomic E-state index is 12.6. The van der Waals surface area contributed by atoms with Gasteiger partial charge in [0.1, 0.15) is 6.10 Å². The Morgan fingerprint density at radius 1 is 0.608 bits per heavy atom. The second-order valence-corrected chi connectivity index (χ2v) is 14.9. The van der Waals surface area contributed by atoms with E-state index in [9.17, 15) is 14.3 Å². The second kappa shape index (κ2) is 39.7. The Labute approximate surface area is 313 Å². The number of hydrogen-bond acceptors (Lipinski definition) is 7. The molecule has 0 aliphatic heterocycles. The summed E-state index contributed by atoms with van der Waals surface area (Å²) < 4.78 is 33.3. The van der Waals surface area contributed by atoms with Crippen molar-refractivity contribution in [1.29, 1.82) is 0 Å². The van der Waals surface area contributed by atoms with Gasteiger partial charge in [0.2, 0.25) is 0 Å². The Balaban J connectivity index is 4.09. The summed E-state index contributed by atoms with van der Waals surface area (Å²) >= 11 is 0. The molecule has 0 fully saturated rings. The quantitative estimate of drug-likeness (QED) is 0.0277. The van der Waals surface area contributed by atoms with Crippen LogP contribution in [-0.4, -0.2) is 49.9 Å². The molecular weight excluding hydrogens is 661 g/mol. The lowest BCUT2D eigenvalue weighted by atomic mass is 10.0. The summed E-state index contributed by atoms with van der Waals surface area (Å²) in [7, 11) is -4.29. The van der Waals surface area contributed by atoms with Crippen molar-refractivity contribution in [1.82, 2.24) is 0 Å². The molecule has 0 amide bonds. The molecule has 3 N–H and O–H groups in total. The Morgan fingerprint density at radius 2 is 1.08 bits per heavy atom. The van der Waals surface area contributed by atoms with Gasteiger partial charge in [-0.2, -0.15) is 0 Å². The van der Waals surface area contributed by atoms with Gasteiger partial charge in [0.05, 0.1) is 19.8 Å². The van der Waals surface area contributed by atoms with Crippen LogP contribution >= 0.6 is 7.82 Å². The molecule has 0 saturated heterocycles. The monoisotopic (exact) mass is 740 g/mol. The first kappa shape index (κ1) is 49.5. The lowest BCUT2D eigenvalue weighted by Gasteiger charge is -2.20. The SMILES string of the molecule is CC/C=C\C/C=C\C/C=C\C/C=C\CCCOCC(COP(=O)(O)OCCN)OC(=O)CCCCCCCCCCCCCCCCCCCC. The van der Waals surface area contributed by atoms with E-state index in [2.05, 4.69) is 62.5 Å². The zero-order valence-corrected chi connectivity index (χ0v) is 33.7. The van der Waals surface area contributed by atoms with E-state index < -0.39 is 13.9 Å². The number of unbranched alkanes of at least 4 members (excludes halogenated alkanes) is 18. The van der Waals surface area contributed by atoms with Crippen LogP contribution in [0.2, 0.25) is 0 Å². The van der Waals surface area contributed by atoms with Crippen molar-refractivity contribution in [2.75, 3.05) is 33.0 Å². The second-order valence-electron chi connectivity index (χ2n) is 13.5. The predicted octanol–water partition coefficient (Wildman–Crippen LogP) is 12.0. The highest BCUT2D eigenvalue weighted by atomic mass is 31.2. The Bertz CT molecular complexity index is 921. The normalized spacial score (nSPS) is 14.0. The smallest absolute Gasteiger partial charge is 0.457 e. The van der Waals surface area contributed by atoms with Crippen LogP contribution in [0.3, 0.4) is 0 Å². The van der Waals surface area contributed by atoms with Gasteiger partial charge >= 0.3 is 13.8 Å². The molecule has 0 aromatic rings. The van der Waals surface area contributed by atoms with E-state index in [-0.39, 0.29) is 32.3 Å². The number of ether oxygens (including phenoxy) is 2. The van der Waals surface area contributed by atoms with Gasteiger partial charge in [-0.1, -0.05) is 172 Å². The van der Waals surface area contributed by atoms with Crippen LogP contribution in [0.25, 0.3) is 0 Å². The number of esters is 1. The summed E-state index contributed by atoms with van der Waals surface area (Å²) in [5.41, 5.74) is 5.36. The number of hydrogen-bond donors (Lipinski definition) is 2. The van der Waals surface area contributed by atoms with Gasteiger partial charge in [-0.05, 0) is 44.9 Å². The van der Waals surface area contributed by atoms with Crippen molar-refractivity contribution in [3.8, 4) is 0 Å². The van der Waals surface area contributed by atoms with Crippen LogP contribution in [-0.2, 0) is 27.9 Å². The number of nitrogens with two attached hydrogens (primary N) is 1. The molecule has 0 aromatic carbocycles. The average molecular weight is 740 g/mol. The summed E-state index contributed by atoms with van der Waals surface area (Å²) in [4.78, 5) is 22.4. The standard InChI is InChI=1S/C42H78NO7P/c1-3-5-7-9-11-13-15-17-19-20-21-22-23-25-27-29-31-33-35-42(44)50-41(40-49-51(45,46)48-38-36-43)39-47-37-34-32-30-28-26-24-18-16-14-12-10-8-6-4-2/h6,8,12,14,18,24,28,30,41H,3-5,7,9-11,13,15-17,19-23,25-27,29,31-40,43H2,1-2H3,(H,45,46)/b8-6-,14-12-,24-18-,30-28-. The first-order valence-corrected chi connectivity index (χ1v) is 22.1. The predicted molar refractivity (Wildman–Crippen MR) is 215 cm³/mol.